The largest absolute Gasteiger partial charge is 0.378 e. The van der Waals surface area contributed by atoms with Crippen LogP contribution in [0.5, 0.6) is 0 Å². The Morgan fingerprint density at radius 1 is 0.966 bits per heavy atom. The highest BCUT2D eigenvalue weighted by atomic mass is 16.2. The van der Waals surface area contributed by atoms with E-state index in [1.807, 2.05) is 66.0 Å². The SMILES string of the molecule is Cc1cc(C)c(NC(=O)C(=O)NC[C@@H](c2ccc(N(C)C)cc2)[NH+](C)C)c(C)c1. The number of hydrogen-bond donors (Lipinski definition) is 3. The summed E-state index contributed by atoms with van der Waals surface area (Å²) in [6.45, 7) is 6.24. The molecule has 6 nitrogen and oxygen atoms in total. The van der Waals surface area contributed by atoms with Crippen molar-refractivity contribution < 1.29 is 14.5 Å². The molecule has 29 heavy (non-hydrogen) atoms. The first-order valence-electron chi connectivity index (χ1n) is 9.84. The number of carbonyl (C=O) groups excluding carboxylic acids is 2. The molecular formula is C23H33N4O2+. The summed E-state index contributed by atoms with van der Waals surface area (Å²) in [5, 5.41) is 5.54. The van der Waals surface area contributed by atoms with Crippen molar-refractivity contribution in [3.05, 3.63) is 58.7 Å². The van der Waals surface area contributed by atoms with E-state index in [1.54, 1.807) is 0 Å². The molecule has 0 heterocycles. The summed E-state index contributed by atoms with van der Waals surface area (Å²) in [4.78, 5) is 28.0. The monoisotopic (exact) mass is 397 g/mol. The third-order valence-corrected chi connectivity index (χ3v) is 5.10. The average Bonchev–Trinajstić information content (AvgIpc) is 2.64. The lowest BCUT2D eigenvalue weighted by Crippen LogP contribution is -3.07. The Morgan fingerprint density at radius 2 is 1.52 bits per heavy atom. The van der Waals surface area contributed by atoms with Crippen molar-refractivity contribution in [1.82, 2.24) is 5.32 Å². The molecule has 2 aromatic carbocycles. The highest BCUT2D eigenvalue weighted by Gasteiger charge is 2.22. The van der Waals surface area contributed by atoms with Gasteiger partial charge < -0.3 is 20.4 Å². The summed E-state index contributed by atoms with van der Waals surface area (Å²) in [6, 6.07) is 12.3. The summed E-state index contributed by atoms with van der Waals surface area (Å²) in [7, 11) is 8.07. The van der Waals surface area contributed by atoms with E-state index < -0.39 is 11.8 Å². The molecule has 0 aliphatic rings. The second kappa shape index (κ2) is 9.56. The Labute approximate surface area is 173 Å². The molecule has 2 rings (SSSR count). The summed E-state index contributed by atoms with van der Waals surface area (Å²) in [5.41, 5.74) is 5.94. The highest BCUT2D eigenvalue weighted by Crippen LogP contribution is 2.21. The summed E-state index contributed by atoms with van der Waals surface area (Å²) in [6.07, 6.45) is 0. The number of amides is 2. The zero-order valence-corrected chi connectivity index (χ0v) is 18.5. The molecule has 0 aliphatic carbocycles. The van der Waals surface area contributed by atoms with E-state index in [-0.39, 0.29) is 6.04 Å². The minimum Gasteiger partial charge on any atom is -0.378 e. The van der Waals surface area contributed by atoms with Gasteiger partial charge in [-0.05, 0) is 44.0 Å². The normalized spacial score (nSPS) is 11.9. The number of quaternary nitrogens is 1. The molecule has 156 valence electrons. The van der Waals surface area contributed by atoms with Crippen LogP contribution in [0.1, 0.15) is 28.3 Å². The van der Waals surface area contributed by atoms with Gasteiger partial charge in [0.05, 0.1) is 20.6 Å². The van der Waals surface area contributed by atoms with Gasteiger partial charge in [-0.2, -0.15) is 0 Å². The molecule has 2 amide bonds. The molecule has 0 radical (unpaired) electrons. The van der Waals surface area contributed by atoms with Gasteiger partial charge in [-0.15, -0.1) is 0 Å². The van der Waals surface area contributed by atoms with Crippen molar-refractivity contribution in [2.24, 2.45) is 0 Å². The first-order valence-corrected chi connectivity index (χ1v) is 9.84. The van der Waals surface area contributed by atoms with Crippen molar-refractivity contribution in [2.45, 2.75) is 26.8 Å². The van der Waals surface area contributed by atoms with Crippen LogP contribution in [0.3, 0.4) is 0 Å². The minimum absolute atomic E-state index is 0.0470. The van der Waals surface area contributed by atoms with Crippen LogP contribution >= 0.6 is 0 Å². The predicted octanol–water partition coefficient (Wildman–Crippen LogP) is 1.62. The molecule has 0 unspecified atom stereocenters. The second-order valence-corrected chi connectivity index (χ2v) is 8.05. The van der Waals surface area contributed by atoms with Crippen LogP contribution in [0.2, 0.25) is 0 Å². The number of nitrogens with zero attached hydrogens (tertiary/aromatic N) is 1. The Kier molecular flexibility index (Phi) is 7.40. The number of benzene rings is 2. The van der Waals surface area contributed by atoms with Crippen LogP contribution in [0.25, 0.3) is 0 Å². The molecule has 0 fully saturated rings. The molecule has 0 aliphatic heterocycles. The van der Waals surface area contributed by atoms with Gasteiger partial charge >= 0.3 is 11.8 Å². The van der Waals surface area contributed by atoms with E-state index in [4.69, 9.17) is 0 Å². The van der Waals surface area contributed by atoms with Crippen LogP contribution in [-0.4, -0.2) is 46.5 Å². The smallest absolute Gasteiger partial charge is 0.313 e. The van der Waals surface area contributed by atoms with Crippen LogP contribution in [0, 0.1) is 20.8 Å². The Balaban J connectivity index is 2.04. The number of aryl methyl sites for hydroxylation is 3. The van der Waals surface area contributed by atoms with Gasteiger partial charge in [0.15, 0.2) is 0 Å². The van der Waals surface area contributed by atoms with E-state index in [9.17, 15) is 9.59 Å². The van der Waals surface area contributed by atoms with E-state index in [0.717, 1.165) is 27.9 Å². The third kappa shape index (κ3) is 5.81. The van der Waals surface area contributed by atoms with Crippen LogP contribution in [-0.2, 0) is 9.59 Å². The van der Waals surface area contributed by atoms with E-state index in [0.29, 0.717) is 12.2 Å². The number of rotatable bonds is 6. The minimum atomic E-state index is -0.643. The van der Waals surface area contributed by atoms with Crippen LogP contribution in [0.4, 0.5) is 11.4 Å². The first kappa shape index (κ1) is 22.4. The van der Waals surface area contributed by atoms with Crippen molar-refractivity contribution in [3.8, 4) is 0 Å². The van der Waals surface area contributed by atoms with Gasteiger partial charge in [0, 0.05) is 31.0 Å². The zero-order chi connectivity index (χ0) is 21.7. The number of anilines is 2. The molecule has 6 heteroatoms. The molecule has 0 aromatic heterocycles. The predicted molar refractivity (Wildman–Crippen MR) is 119 cm³/mol. The maximum atomic E-state index is 12.4. The molecule has 0 saturated carbocycles. The summed E-state index contributed by atoms with van der Waals surface area (Å²) in [5.74, 6) is -1.27. The molecule has 0 spiro atoms. The van der Waals surface area contributed by atoms with Gasteiger partial charge in [-0.25, -0.2) is 0 Å². The lowest BCUT2D eigenvalue weighted by atomic mass is 10.0. The Bertz CT molecular complexity index is 850. The topological polar surface area (TPSA) is 65.9 Å². The quantitative estimate of drug-likeness (QED) is 0.649. The van der Waals surface area contributed by atoms with Crippen LogP contribution < -0.4 is 20.4 Å². The molecule has 3 N–H and O–H groups in total. The fourth-order valence-corrected chi connectivity index (χ4v) is 3.48. The fraction of sp³-hybridized carbons (Fsp3) is 0.391. The maximum absolute atomic E-state index is 12.4. The number of nitrogens with one attached hydrogen (secondary N) is 3. The molecular weight excluding hydrogens is 364 g/mol. The first-order chi connectivity index (χ1) is 13.6. The van der Waals surface area contributed by atoms with Gasteiger partial charge in [0.25, 0.3) is 0 Å². The molecule has 2 aromatic rings. The number of carbonyl (C=O) groups is 2. The van der Waals surface area contributed by atoms with E-state index in [1.165, 1.54) is 4.90 Å². The second-order valence-electron chi connectivity index (χ2n) is 8.05. The summed E-state index contributed by atoms with van der Waals surface area (Å²) < 4.78 is 0. The standard InChI is InChI=1S/C23H32N4O2/c1-15-12-16(2)21(17(3)13-15)25-23(29)22(28)24-14-20(27(6)7)18-8-10-19(11-9-18)26(4)5/h8-13,20H,14H2,1-7H3,(H,24,28)(H,25,29)/p+1/t20-/m0/s1. The van der Waals surface area contributed by atoms with Crippen molar-refractivity contribution in [3.63, 3.8) is 0 Å². The highest BCUT2D eigenvalue weighted by molar-refractivity contribution is 6.39. The molecule has 0 bridgehead atoms. The summed E-state index contributed by atoms with van der Waals surface area (Å²) >= 11 is 0. The number of likely N-dealkylation sites (N-methyl/N-ethyl adjacent to an activating group) is 1. The lowest BCUT2D eigenvalue weighted by molar-refractivity contribution is -0.890. The van der Waals surface area contributed by atoms with Gasteiger partial charge in [-0.3, -0.25) is 9.59 Å². The Hall–Kier alpha value is -2.86. The molecule has 0 saturated heterocycles. The van der Waals surface area contributed by atoms with Crippen molar-refractivity contribution in [2.75, 3.05) is 45.0 Å². The number of hydrogen-bond acceptors (Lipinski definition) is 3. The van der Waals surface area contributed by atoms with E-state index in [2.05, 4.69) is 34.9 Å². The van der Waals surface area contributed by atoms with Gasteiger partial charge in [-0.1, -0.05) is 29.8 Å². The van der Waals surface area contributed by atoms with Gasteiger partial charge in [0.2, 0.25) is 0 Å². The zero-order valence-electron chi connectivity index (χ0n) is 18.5. The lowest BCUT2D eigenvalue weighted by Gasteiger charge is -2.23. The molecule has 1 atom stereocenters. The Morgan fingerprint density at radius 3 is 2.00 bits per heavy atom. The van der Waals surface area contributed by atoms with Crippen LogP contribution in [0.15, 0.2) is 36.4 Å². The van der Waals surface area contributed by atoms with E-state index >= 15 is 0 Å². The average molecular weight is 398 g/mol. The van der Waals surface area contributed by atoms with Gasteiger partial charge in [0.1, 0.15) is 6.04 Å². The van der Waals surface area contributed by atoms with Crippen molar-refractivity contribution in [1.29, 1.82) is 0 Å². The van der Waals surface area contributed by atoms with Crippen molar-refractivity contribution >= 4 is 23.2 Å². The maximum Gasteiger partial charge on any atom is 0.313 e. The fourth-order valence-electron chi connectivity index (χ4n) is 3.48. The third-order valence-electron chi connectivity index (χ3n) is 5.10.